The number of hydrogen-bond donors (Lipinski definition) is 0. The van der Waals surface area contributed by atoms with Gasteiger partial charge >= 0.3 is 5.69 Å². The molecule has 1 aromatic heterocycles. The predicted molar refractivity (Wildman–Crippen MR) is 139 cm³/mol. The van der Waals surface area contributed by atoms with Crippen LogP contribution in [0.2, 0.25) is 0 Å². The number of methoxy groups -OCH3 is 1. The molecule has 0 fully saturated rings. The Morgan fingerprint density at radius 2 is 1.81 bits per heavy atom. The van der Waals surface area contributed by atoms with Gasteiger partial charge in [0, 0.05) is 11.8 Å². The molecule has 10 heteroatoms. The maximum Gasteiger partial charge on any atom is 0.330 e. The Morgan fingerprint density at radius 3 is 2.46 bits per heavy atom. The van der Waals surface area contributed by atoms with Crippen LogP contribution in [-0.2, 0) is 16.4 Å². The lowest BCUT2D eigenvalue weighted by Gasteiger charge is -2.20. The first kappa shape index (κ1) is 26.0. The first-order valence-corrected chi connectivity index (χ1v) is 13.6. The van der Waals surface area contributed by atoms with Crippen molar-refractivity contribution in [3.63, 3.8) is 0 Å². The Balaban J connectivity index is 1.99. The number of ether oxygens (including phenoxy) is 2. The minimum Gasteiger partial charge on any atom is -0.493 e. The second-order valence-corrected chi connectivity index (χ2v) is 10.7. The maximum absolute atomic E-state index is 14.5. The molecule has 0 spiro atoms. The summed E-state index contributed by atoms with van der Waals surface area (Å²) >= 11 is 0. The summed E-state index contributed by atoms with van der Waals surface area (Å²) in [7, 11) is -2.06. The zero-order valence-corrected chi connectivity index (χ0v) is 21.5. The number of fused-ring (bicyclic) bond motifs is 1. The number of imidazole rings is 1. The van der Waals surface area contributed by atoms with Gasteiger partial charge in [-0.15, -0.1) is 0 Å². The summed E-state index contributed by atoms with van der Waals surface area (Å²) in [5.41, 5.74) is 1.65. The summed E-state index contributed by atoms with van der Waals surface area (Å²) in [6.07, 6.45) is 1.10. The van der Waals surface area contributed by atoms with Crippen molar-refractivity contribution in [1.29, 1.82) is 5.26 Å². The molecule has 0 bridgehead atoms. The topological polar surface area (TPSA) is 103 Å². The van der Waals surface area contributed by atoms with E-state index in [4.69, 9.17) is 9.47 Å². The van der Waals surface area contributed by atoms with Gasteiger partial charge in [0.25, 0.3) is 0 Å². The summed E-state index contributed by atoms with van der Waals surface area (Å²) in [6.45, 7) is 1.91. The molecule has 4 aromatic rings. The van der Waals surface area contributed by atoms with Crippen molar-refractivity contribution < 1.29 is 22.3 Å². The van der Waals surface area contributed by atoms with Gasteiger partial charge in [0.2, 0.25) is 0 Å². The molecule has 0 saturated heterocycles. The molecule has 0 aliphatic rings. The Morgan fingerprint density at radius 1 is 1.05 bits per heavy atom. The fraction of sp³-hybridized carbons (Fsp3) is 0.259. The molecule has 8 nitrogen and oxygen atoms in total. The third-order valence-corrected chi connectivity index (χ3v) is 6.94. The van der Waals surface area contributed by atoms with E-state index in [0.29, 0.717) is 45.8 Å². The molecule has 1 heterocycles. The summed E-state index contributed by atoms with van der Waals surface area (Å²) < 4.78 is 53.2. The molecule has 0 aliphatic carbocycles. The number of rotatable bonds is 9. The molecular formula is C27H26FN3O5S. The smallest absolute Gasteiger partial charge is 0.330 e. The third-order valence-electron chi connectivity index (χ3n) is 6.02. The molecule has 0 radical (unpaired) electrons. The van der Waals surface area contributed by atoms with E-state index in [-0.39, 0.29) is 12.3 Å². The van der Waals surface area contributed by atoms with E-state index < -0.39 is 27.4 Å². The van der Waals surface area contributed by atoms with Crippen LogP contribution < -0.4 is 15.2 Å². The third kappa shape index (κ3) is 5.22. The minimum absolute atomic E-state index is 0.262. The van der Waals surface area contributed by atoms with Crippen molar-refractivity contribution in [1.82, 2.24) is 9.13 Å². The summed E-state index contributed by atoms with van der Waals surface area (Å²) in [6, 6.07) is 17.3. The van der Waals surface area contributed by atoms with Crippen molar-refractivity contribution in [2.45, 2.75) is 19.5 Å². The van der Waals surface area contributed by atoms with Gasteiger partial charge in [-0.3, -0.25) is 9.13 Å². The van der Waals surface area contributed by atoms with E-state index in [1.807, 2.05) is 13.0 Å². The Labute approximate surface area is 214 Å². The van der Waals surface area contributed by atoms with Crippen LogP contribution in [0.25, 0.3) is 22.2 Å². The average molecular weight is 524 g/mol. The van der Waals surface area contributed by atoms with Gasteiger partial charge in [-0.05, 0) is 48.4 Å². The van der Waals surface area contributed by atoms with Crippen LogP contribution in [0.4, 0.5) is 4.39 Å². The van der Waals surface area contributed by atoms with E-state index in [2.05, 4.69) is 0 Å². The highest BCUT2D eigenvalue weighted by atomic mass is 32.2. The SMILES string of the molecule is CCOc1cc([C@H](CS(C)(=O)=O)n2c(=O)n(CC#N)c3cc(-c4ccccc4F)ccc32)ccc1OC. The van der Waals surface area contributed by atoms with Crippen molar-refractivity contribution in [2.24, 2.45) is 0 Å². The van der Waals surface area contributed by atoms with Crippen LogP contribution >= 0.6 is 0 Å². The number of benzene rings is 3. The van der Waals surface area contributed by atoms with E-state index in [1.54, 1.807) is 54.6 Å². The molecule has 0 saturated carbocycles. The van der Waals surface area contributed by atoms with Gasteiger partial charge < -0.3 is 9.47 Å². The monoisotopic (exact) mass is 523 g/mol. The van der Waals surface area contributed by atoms with Gasteiger partial charge in [-0.2, -0.15) is 5.26 Å². The number of hydrogen-bond acceptors (Lipinski definition) is 6. The molecule has 0 amide bonds. The fourth-order valence-corrected chi connectivity index (χ4v) is 5.36. The molecular weight excluding hydrogens is 497 g/mol. The molecule has 4 rings (SSSR count). The van der Waals surface area contributed by atoms with E-state index >= 15 is 0 Å². The molecule has 0 unspecified atom stereocenters. The molecule has 0 aliphatic heterocycles. The highest BCUT2D eigenvalue weighted by Crippen LogP contribution is 2.34. The lowest BCUT2D eigenvalue weighted by molar-refractivity contribution is 0.310. The van der Waals surface area contributed by atoms with E-state index in [9.17, 15) is 22.9 Å². The number of nitriles is 1. The quantitative estimate of drug-likeness (QED) is 0.326. The molecule has 1 atom stereocenters. The van der Waals surface area contributed by atoms with Crippen LogP contribution in [0.3, 0.4) is 0 Å². The lowest BCUT2D eigenvalue weighted by atomic mass is 10.0. The second-order valence-electron chi connectivity index (χ2n) is 8.53. The van der Waals surface area contributed by atoms with Gasteiger partial charge in [0.15, 0.2) is 11.5 Å². The van der Waals surface area contributed by atoms with Gasteiger partial charge in [0.1, 0.15) is 22.2 Å². The van der Waals surface area contributed by atoms with E-state index in [0.717, 1.165) is 6.26 Å². The second kappa shape index (κ2) is 10.5. The Bertz CT molecular complexity index is 1670. The van der Waals surface area contributed by atoms with Crippen LogP contribution in [0.5, 0.6) is 11.5 Å². The number of nitrogens with zero attached hydrogens (tertiary/aromatic N) is 3. The number of aromatic nitrogens is 2. The van der Waals surface area contributed by atoms with Gasteiger partial charge in [-0.1, -0.05) is 30.3 Å². The van der Waals surface area contributed by atoms with Crippen molar-refractivity contribution in [2.75, 3.05) is 25.7 Å². The zero-order chi connectivity index (χ0) is 26.7. The zero-order valence-electron chi connectivity index (χ0n) is 20.6. The maximum atomic E-state index is 14.5. The van der Waals surface area contributed by atoms with Crippen molar-refractivity contribution >= 4 is 20.9 Å². The van der Waals surface area contributed by atoms with Crippen LogP contribution in [-0.4, -0.2) is 43.3 Å². The molecule has 0 N–H and O–H groups in total. The predicted octanol–water partition coefficient (Wildman–Crippen LogP) is 4.17. The highest BCUT2D eigenvalue weighted by Gasteiger charge is 2.27. The number of halogens is 1. The van der Waals surface area contributed by atoms with Crippen molar-refractivity contribution in [3.05, 3.63) is 82.5 Å². The first-order valence-electron chi connectivity index (χ1n) is 11.5. The largest absolute Gasteiger partial charge is 0.493 e. The molecule has 37 heavy (non-hydrogen) atoms. The fourth-order valence-electron chi connectivity index (χ4n) is 4.44. The highest BCUT2D eigenvalue weighted by molar-refractivity contribution is 7.90. The van der Waals surface area contributed by atoms with Crippen LogP contribution in [0.15, 0.2) is 65.5 Å². The van der Waals surface area contributed by atoms with E-state index in [1.165, 1.54) is 22.3 Å². The van der Waals surface area contributed by atoms with Crippen LogP contribution in [0, 0.1) is 17.1 Å². The Kier molecular flexibility index (Phi) is 7.36. The lowest BCUT2D eigenvalue weighted by Crippen LogP contribution is -2.31. The first-order chi connectivity index (χ1) is 17.7. The summed E-state index contributed by atoms with van der Waals surface area (Å²) in [4.78, 5) is 13.7. The minimum atomic E-state index is -3.56. The number of sulfone groups is 1. The normalized spacial score (nSPS) is 12.3. The van der Waals surface area contributed by atoms with Crippen molar-refractivity contribution in [3.8, 4) is 28.7 Å². The molecule has 3 aromatic carbocycles. The Hall–Kier alpha value is -4.10. The molecule has 192 valence electrons. The standard InChI is InChI=1S/C27H26FN3O5S/c1-4-36-26-16-19(10-12-25(26)35-2)24(17-37(3,33)34)31-22-11-9-18(20-7-5-6-8-21(20)28)15-23(22)30(14-13-29)27(31)32/h5-12,15-16,24H,4,14,17H2,1-3H3/t24-/m0/s1. The summed E-state index contributed by atoms with van der Waals surface area (Å²) in [5.74, 6) is 0.0900. The average Bonchev–Trinajstić information content (AvgIpc) is 3.13. The van der Waals surface area contributed by atoms with Gasteiger partial charge in [0.05, 0.1) is 42.6 Å². The van der Waals surface area contributed by atoms with Crippen LogP contribution in [0.1, 0.15) is 18.5 Å². The van der Waals surface area contributed by atoms with Gasteiger partial charge in [-0.25, -0.2) is 17.6 Å². The summed E-state index contributed by atoms with van der Waals surface area (Å²) in [5, 5.41) is 9.43.